The van der Waals surface area contributed by atoms with Crippen LogP contribution in [0.3, 0.4) is 0 Å². The van der Waals surface area contributed by atoms with Gasteiger partial charge in [-0.25, -0.2) is 4.99 Å². The van der Waals surface area contributed by atoms with Crippen LogP contribution >= 0.6 is 0 Å². The highest BCUT2D eigenvalue weighted by Gasteiger charge is 2.11. The summed E-state index contributed by atoms with van der Waals surface area (Å²) >= 11 is 0. The van der Waals surface area contributed by atoms with Gasteiger partial charge < -0.3 is 4.74 Å². The lowest BCUT2D eigenvalue weighted by atomic mass is 10.0. The molecule has 0 saturated heterocycles. The summed E-state index contributed by atoms with van der Waals surface area (Å²) < 4.78 is 5.43. The lowest BCUT2D eigenvalue weighted by Crippen LogP contribution is -2.06. The third kappa shape index (κ3) is 1.82. The summed E-state index contributed by atoms with van der Waals surface area (Å²) in [6, 6.07) is 16.1. The number of rotatable bonds is 0. The van der Waals surface area contributed by atoms with Gasteiger partial charge in [-0.3, -0.25) is 0 Å². The lowest BCUT2D eigenvalue weighted by molar-refractivity contribution is 0.405. The average Bonchev–Trinajstić information content (AvgIpc) is 2.41. The number of methoxy groups -OCH3 is 1. The molecule has 2 nitrogen and oxygen atoms in total. The molecule has 0 N–H and O–H groups in total. The van der Waals surface area contributed by atoms with Gasteiger partial charge in [0.1, 0.15) is 0 Å². The Bertz CT molecular complexity index is 641. The quantitative estimate of drug-likeness (QED) is 0.678. The summed E-state index contributed by atoms with van der Waals surface area (Å²) in [7, 11) is 1.66. The fourth-order valence-corrected chi connectivity index (χ4v) is 2.07. The topological polar surface area (TPSA) is 21.6 Å². The molecule has 0 bridgehead atoms. The number of nitrogens with zero attached hydrogens (tertiary/aromatic N) is 1. The van der Waals surface area contributed by atoms with E-state index in [1.54, 1.807) is 7.11 Å². The molecule has 0 aromatic heterocycles. The minimum atomic E-state index is 0.655. The Kier molecular flexibility index (Phi) is 2.69. The number of hydrogen-bond acceptors (Lipinski definition) is 2. The highest BCUT2D eigenvalue weighted by molar-refractivity contribution is 6.01. The number of hydrogen-bond donors (Lipinski definition) is 0. The molecule has 1 aliphatic rings. The van der Waals surface area contributed by atoms with Crippen LogP contribution in [0.2, 0.25) is 0 Å². The van der Waals surface area contributed by atoms with E-state index < -0.39 is 0 Å². The predicted molar refractivity (Wildman–Crippen MR) is 75.0 cm³/mol. The van der Waals surface area contributed by atoms with Crippen LogP contribution in [0.1, 0.15) is 16.7 Å². The summed E-state index contributed by atoms with van der Waals surface area (Å²) in [5, 5.41) is 0. The van der Waals surface area contributed by atoms with E-state index in [9.17, 15) is 0 Å². The summed E-state index contributed by atoms with van der Waals surface area (Å²) in [4.78, 5) is 4.60. The van der Waals surface area contributed by atoms with Crippen molar-refractivity contribution in [3.63, 3.8) is 0 Å². The second-order valence-corrected chi connectivity index (χ2v) is 4.10. The van der Waals surface area contributed by atoms with Gasteiger partial charge in [-0.15, -0.1) is 0 Å². The van der Waals surface area contributed by atoms with Crippen molar-refractivity contribution < 1.29 is 4.74 Å². The van der Waals surface area contributed by atoms with E-state index in [-0.39, 0.29) is 0 Å². The Morgan fingerprint density at radius 2 is 1.50 bits per heavy atom. The van der Waals surface area contributed by atoms with E-state index in [1.165, 1.54) is 0 Å². The van der Waals surface area contributed by atoms with E-state index in [0.29, 0.717) is 5.90 Å². The van der Waals surface area contributed by atoms with Crippen LogP contribution < -0.4 is 0 Å². The Labute approximate surface area is 106 Å². The molecule has 0 spiro atoms. The van der Waals surface area contributed by atoms with Gasteiger partial charge in [0.2, 0.25) is 5.90 Å². The van der Waals surface area contributed by atoms with Crippen LogP contribution in [0.5, 0.6) is 0 Å². The molecular formula is C16H13NO. The maximum atomic E-state index is 5.43. The summed E-state index contributed by atoms with van der Waals surface area (Å²) in [5.41, 5.74) is 4.17. The summed E-state index contributed by atoms with van der Waals surface area (Å²) in [5.74, 6) is 0.655. The molecule has 18 heavy (non-hydrogen) atoms. The first kappa shape index (κ1) is 10.8. The number of fused-ring (bicyclic) bond motifs is 2. The first-order chi connectivity index (χ1) is 8.88. The molecule has 0 fully saturated rings. The van der Waals surface area contributed by atoms with Crippen molar-refractivity contribution in [1.29, 1.82) is 0 Å². The zero-order chi connectivity index (χ0) is 12.4. The second-order valence-electron chi connectivity index (χ2n) is 4.10. The van der Waals surface area contributed by atoms with Gasteiger partial charge in [0.15, 0.2) is 0 Å². The van der Waals surface area contributed by atoms with E-state index >= 15 is 0 Å². The normalized spacial score (nSPS) is 12.8. The smallest absolute Gasteiger partial charge is 0.221 e. The molecule has 0 aliphatic carbocycles. The highest BCUT2D eigenvalue weighted by atomic mass is 16.5. The molecule has 0 radical (unpaired) electrons. The molecule has 2 heteroatoms. The molecule has 0 amide bonds. The van der Waals surface area contributed by atoms with Crippen LogP contribution in [-0.4, -0.2) is 13.0 Å². The van der Waals surface area contributed by atoms with Crippen molar-refractivity contribution >= 4 is 23.7 Å². The Balaban J connectivity index is 2.25. The molecular weight excluding hydrogens is 222 g/mol. The average molecular weight is 235 g/mol. The van der Waals surface area contributed by atoms with E-state index in [2.05, 4.69) is 29.3 Å². The zero-order valence-electron chi connectivity index (χ0n) is 10.1. The van der Waals surface area contributed by atoms with Gasteiger partial charge in [0.25, 0.3) is 0 Å². The maximum absolute atomic E-state index is 5.43. The fourth-order valence-electron chi connectivity index (χ4n) is 2.07. The van der Waals surface area contributed by atoms with Crippen molar-refractivity contribution in [2.75, 3.05) is 7.11 Å². The fraction of sp³-hybridized carbons (Fsp3) is 0.0625. The first-order valence-corrected chi connectivity index (χ1v) is 5.87. The predicted octanol–water partition coefficient (Wildman–Crippen LogP) is 3.90. The standard InChI is InChI=1S/C16H13NO/c1-18-16-14-8-4-2-6-12(14)10-11-13-7-3-5-9-15(13)17-16/h2-11H,1H3. The van der Waals surface area contributed by atoms with Crippen LogP contribution in [0.4, 0.5) is 5.69 Å². The molecule has 0 atom stereocenters. The minimum absolute atomic E-state index is 0.655. The van der Waals surface area contributed by atoms with Gasteiger partial charge in [0.05, 0.1) is 12.8 Å². The molecule has 88 valence electrons. The number of benzene rings is 2. The van der Waals surface area contributed by atoms with Gasteiger partial charge in [-0.05, 0) is 17.7 Å². The van der Waals surface area contributed by atoms with E-state index in [1.807, 2.05) is 36.4 Å². The SMILES string of the molecule is COC1=Nc2ccccc2C=Cc2ccccc21. The monoisotopic (exact) mass is 235 g/mol. The summed E-state index contributed by atoms with van der Waals surface area (Å²) in [6.07, 6.45) is 4.19. The highest BCUT2D eigenvalue weighted by Crippen LogP contribution is 2.26. The molecule has 0 saturated carbocycles. The molecule has 1 aliphatic heterocycles. The molecule has 0 unspecified atom stereocenters. The van der Waals surface area contributed by atoms with Crippen molar-refractivity contribution in [2.24, 2.45) is 4.99 Å². The van der Waals surface area contributed by atoms with Crippen molar-refractivity contribution in [2.45, 2.75) is 0 Å². The minimum Gasteiger partial charge on any atom is -0.481 e. The third-order valence-electron chi connectivity index (χ3n) is 2.99. The van der Waals surface area contributed by atoms with Crippen molar-refractivity contribution in [3.05, 3.63) is 65.2 Å². The maximum Gasteiger partial charge on any atom is 0.221 e. The van der Waals surface area contributed by atoms with Gasteiger partial charge >= 0.3 is 0 Å². The Hall–Kier alpha value is -2.35. The Morgan fingerprint density at radius 3 is 2.33 bits per heavy atom. The number of ether oxygens (including phenoxy) is 1. The molecule has 2 aromatic carbocycles. The van der Waals surface area contributed by atoms with E-state index in [4.69, 9.17) is 4.74 Å². The Morgan fingerprint density at radius 1 is 0.833 bits per heavy atom. The van der Waals surface area contributed by atoms with E-state index in [0.717, 1.165) is 22.4 Å². The van der Waals surface area contributed by atoms with Crippen LogP contribution in [0.15, 0.2) is 53.5 Å². The lowest BCUT2D eigenvalue weighted by Gasteiger charge is -2.12. The largest absolute Gasteiger partial charge is 0.481 e. The van der Waals surface area contributed by atoms with Crippen LogP contribution in [0, 0.1) is 0 Å². The van der Waals surface area contributed by atoms with Gasteiger partial charge in [0, 0.05) is 11.1 Å². The molecule has 1 heterocycles. The van der Waals surface area contributed by atoms with Gasteiger partial charge in [-0.2, -0.15) is 0 Å². The van der Waals surface area contributed by atoms with Crippen LogP contribution in [-0.2, 0) is 4.74 Å². The van der Waals surface area contributed by atoms with Crippen molar-refractivity contribution in [3.8, 4) is 0 Å². The van der Waals surface area contributed by atoms with Crippen LogP contribution in [0.25, 0.3) is 12.2 Å². The molecule has 3 rings (SSSR count). The number of para-hydroxylation sites is 1. The zero-order valence-corrected chi connectivity index (χ0v) is 10.1. The second kappa shape index (κ2) is 4.49. The molecule has 2 aromatic rings. The summed E-state index contributed by atoms with van der Waals surface area (Å²) in [6.45, 7) is 0. The van der Waals surface area contributed by atoms with Crippen molar-refractivity contribution in [1.82, 2.24) is 0 Å². The third-order valence-corrected chi connectivity index (χ3v) is 2.99. The number of aliphatic imine (C=N–C) groups is 1. The first-order valence-electron chi connectivity index (χ1n) is 5.87. The van der Waals surface area contributed by atoms with Gasteiger partial charge in [-0.1, -0.05) is 48.6 Å².